The highest BCUT2D eigenvalue weighted by molar-refractivity contribution is 9.10. The number of benzene rings is 1. The van der Waals surface area contributed by atoms with Crippen LogP contribution in [0, 0.1) is 6.92 Å². The molecule has 3 rings (SSSR count). The van der Waals surface area contributed by atoms with Gasteiger partial charge in [0.1, 0.15) is 21.4 Å². The zero-order valence-corrected chi connectivity index (χ0v) is 13.9. The van der Waals surface area contributed by atoms with Gasteiger partial charge in [0.2, 0.25) is 0 Å². The summed E-state index contributed by atoms with van der Waals surface area (Å²) in [7, 11) is -3.70. The fourth-order valence-corrected chi connectivity index (χ4v) is 4.62. The van der Waals surface area contributed by atoms with Gasteiger partial charge in [0.15, 0.2) is 0 Å². The van der Waals surface area contributed by atoms with Crippen LogP contribution in [0.3, 0.4) is 0 Å². The van der Waals surface area contributed by atoms with Crippen LogP contribution >= 0.6 is 15.9 Å². The molecule has 112 valence electrons. The van der Waals surface area contributed by atoms with E-state index < -0.39 is 10.0 Å². The number of hydrogen-bond donors (Lipinski definition) is 1. The lowest BCUT2D eigenvalue weighted by molar-refractivity contribution is 0.219. The van der Waals surface area contributed by atoms with E-state index in [1.807, 2.05) is 26.0 Å². The zero-order valence-electron chi connectivity index (χ0n) is 11.5. The molecule has 1 aliphatic rings. The standard InChI is InChI=1S/C13H14BrN3O3S/c1-8-3-4-10-11(5-8)20-9(2)7-17(10)21(18,19)12-6-15-16-13(12)14/h3-6,9H,7H2,1-2H3,(H,15,16). The Labute approximate surface area is 131 Å². The molecule has 1 atom stereocenters. The van der Waals surface area contributed by atoms with Gasteiger partial charge in [-0.25, -0.2) is 8.42 Å². The highest BCUT2D eigenvalue weighted by Crippen LogP contribution is 2.38. The molecule has 21 heavy (non-hydrogen) atoms. The number of aryl methyl sites for hydroxylation is 1. The minimum absolute atomic E-state index is 0.114. The largest absolute Gasteiger partial charge is 0.487 e. The number of hydrogen-bond acceptors (Lipinski definition) is 4. The molecule has 0 saturated heterocycles. The first-order valence-electron chi connectivity index (χ1n) is 6.38. The summed E-state index contributed by atoms with van der Waals surface area (Å²) in [4.78, 5) is 0.114. The molecule has 0 amide bonds. The highest BCUT2D eigenvalue weighted by atomic mass is 79.9. The number of anilines is 1. The van der Waals surface area contributed by atoms with Crippen LogP contribution in [-0.2, 0) is 10.0 Å². The number of halogens is 1. The van der Waals surface area contributed by atoms with Crippen molar-refractivity contribution in [2.24, 2.45) is 0 Å². The summed E-state index contributed by atoms with van der Waals surface area (Å²) in [6, 6.07) is 5.48. The van der Waals surface area contributed by atoms with Gasteiger partial charge in [0, 0.05) is 0 Å². The maximum absolute atomic E-state index is 12.8. The van der Waals surface area contributed by atoms with Gasteiger partial charge in [-0.15, -0.1) is 0 Å². The number of ether oxygens (including phenoxy) is 1. The Balaban J connectivity index is 2.14. The molecule has 0 spiro atoms. The number of nitrogens with zero attached hydrogens (tertiary/aromatic N) is 2. The lowest BCUT2D eigenvalue weighted by atomic mass is 10.2. The maximum atomic E-state index is 12.8. The van der Waals surface area contributed by atoms with Crippen LogP contribution in [0.5, 0.6) is 5.75 Å². The molecule has 1 aromatic carbocycles. The van der Waals surface area contributed by atoms with Gasteiger partial charge < -0.3 is 4.74 Å². The molecular formula is C13H14BrN3O3S. The number of sulfonamides is 1. The summed E-state index contributed by atoms with van der Waals surface area (Å²) in [5, 5.41) is 6.35. The van der Waals surface area contributed by atoms with E-state index in [9.17, 15) is 8.42 Å². The van der Waals surface area contributed by atoms with Crippen molar-refractivity contribution >= 4 is 31.6 Å². The number of fused-ring (bicyclic) bond motifs is 1. The number of aromatic amines is 1. The van der Waals surface area contributed by atoms with E-state index >= 15 is 0 Å². The Bertz CT molecular complexity index is 788. The average molecular weight is 372 g/mol. The molecular weight excluding hydrogens is 358 g/mol. The molecule has 2 aromatic rings. The molecule has 1 aromatic heterocycles. The second-order valence-corrected chi connectivity index (χ2v) is 7.61. The van der Waals surface area contributed by atoms with Crippen molar-refractivity contribution < 1.29 is 13.2 Å². The van der Waals surface area contributed by atoms with Gasteiger partial charge in [0.05, 0.1) is 18.4 Å². The Morgan fingerprint density at radius 1 is 1.48 bits per heavy atom. The van der Waals surface area contributed by atoms with Crippen LogP contribution < -0.4 is 9.04 Å². The van der Waals surface area contributed by atoms with Gasteiger partial charge in [-0.05, 0) is 47.5 Å². The number of nitrogens with one attached hydrogen (secondary N) is 1. The molecule has 1 unspecified atom stereocenters. The summed E-state index contributed by atoms with van der Waals surface area (Å²) >= 11 is 3.18. The molecule has 0 fully saturated rings. The topological polar surface area (TPSA) is 75.3 Å². The van der Waals surface area contributed by atoms with Crippen molar-refractivity contribution in [3.05, 3.63) is 34.6 Å². The molecule has 0 bridgehead atoms. The molecule has 1 N–H and O–H groups in total. The first-order valence-corrected chi connectivity index (χ1v) is 8.62. The third-order valence-corrected chi connectivity index (χ3v) is 5.92. The summed E-state index contributed by atoms with van der Waals surface area (Å²) in [5.41, 5.74) is 1.57. The monoisotopic (exact) mass is 371 g/mol. The molecule has 2 heterocycles. The lowest BCUT2D eigenvalue weighted by Crippen LogP contribution is -2.42. The minimum Gasteiger partial charge on any atom is -0.487 e. The van der Waals surface area contributed by atoms with Crippen LogP contribution in [-0.4, -0.2) is 31.3 Å². The van der Waals surface area contributed by atoms with Crippen molar-refractivity contribution in [2.45, 2.75) is 24.8 Å². The third kappa shape index (κ3) is 2.42. The first-order chi connectivity index (χ1) is 9.89. The quantitative estimate of drug-likeness (QED) is 0.879. The van der Waals surface area contributed by atoms with Crippen molar-refractivity contribution in [3.8, 4) is 5.75 Å². The van der Waals surface area contributed by atoms with Gasteiger partial charge in [-0.1, -0.05) is 6.07 Å². The smallest absolute Gasteiger partial charge is 0.268 e. The van der Waals surface area contributed by atoms with Gasteiger partial charge >= 0.3 is 0 Å². The van der Waals surface area contributed by atoms with E-state index in [1.165, 1.54) is 10.5 Å². The van der Waals surface area contributed by atoms with Crippen molar-refractivity contribution in [1.82, 2.24) is 10.2 Å². The van der Waals surface area contributed by atoms with E-state index in [2.05, 4.69) is 26.1 Å². The summed E-state index contributed by atoms with van der Waals surface area (Å²) < 4.78 is 33.1. The fourth-order valence-electron chi connectivity index (χ4n) is 2.29. The molecule has 0 saturated carbocycles. The van der Waals surface area contributed by atoms with Crippen LogP contribution in [0.2, 0.25) is 0 Å². The maximum Gasteiger partial charge on any atom is 0.268 e. The lowest BCUT2D eigenvalue weighted by Gasteiger charge is -2.34. The zero-order chi connectivity index (χ0) is 15.2. The molecule has 6 nitrogen and oxygen atoms in total. The van der Waals surface area contributed by atoms with Crippen molar-refractivity contribution in [2.75, 3.05) is 10.8 Å². The first kappa shape index (κ1) is 14.4. The Hall–Kier alpha value is -1.54. The second-order valence-electron chi connectivity index (χ2n) is 4.98. The SMILES string of the molecule is Cc1ccc2c(c1)OC(C)CN2S(=O)(=O)c1cn[nH]c1Br. The van der Waals surface area contributed by atoms with Crippen molar-refractivity contribution in [1.29, 1.82) is 0 Å². The summed E-state index contributed by atoms with van der Waals surface area (Å²) in [6.45, 7) is 4.04. The van der Waals surface area contributed by atoms with Crippen LogP contribution in [0.15, 0.2) is 33.9 Å². The molecule has 1 aliphatic heterocycles. The molecule has 0 radical (unpaired) electrons. The van der Waals surface area contributed by atoms with Crippen LogP contribution in [0.25, 0.3) is 0 Å². The van der Waals surface area contributed by atoms with E-state index in [0.717, 1.165) is 5.56 Å². The minimum atomic E-state index is -3.70. The van der Waals surface area contributed by atoms with E-state index in [1.54, 1.807) is 6.07 Å². The summed E-state index contributed by atoms with van der Waals surface area (Å²) in [6.07, 6.45) is 1.08. The predicted molar refractivity (Wildman–Crippen MR) is 82.1 cm³/mol. The van der Waals surface area contributed by atoms with Gasteiger partial charge in [-0.2, -0.15) is 5.10 Å². The predicted octanol–water partition coefficient (Wildman–Crippen LogP) is 2.46. The Morgan fingerprint density at radius 3 is 2.90 bits per heavy atom. The number of H-pyrrole nitrogens is 1. The highest BCUT2D eigenvalue weighted by Gasteiger charge is 2.34. The molecule has 0 aliphatic carbocycles. The normalized spacial score (nSPS) is 18.2. The van der Waals surface area contributed by atoms with Crippen molar-refractivity contribution in [3.63, 3.8) is 0 Å². The fraction of sp³-hybridized carbons (Fsp3) is 0.308. The van der Waals surface area contributed by atoms with Crippen LogP contribution in [0.4, 0.5) is 5.69 Å². The summed E-state index contributed by atoms with van der Waals surface area (Å²) in [5.74, 6) is 0.581. The molecule has 8 heteroatoms. The Morgan fingerprint density at radius 2 is 2.24 bits per heavy atom. The number of rotatable bonds is 2. The van der Waals surface area contributed by atoms with E-state index in [0.29, 0.717) is 16.0 Å². The van der Waals surface area contributed by atoms with Gasteiger partial charge in [-0.3, -0.25) is 9.40 Å². The second kappa shape index (κ2) is 5.03. The van der Waals surface area contributed by atoms with Gasteiger partial charge in [0.25, 0.3) is 10.0 Å². The van der Waals surface area contributed by atoms with E-state index in [4.69, 9.17) is 4.74 Å². The number of aromatic nitrogens is 2. The Kier molecular flexibility index (Phi) is 3.45. The average Bonchev–Trinajstić information content (AvgIpc) is 2.84. The van der Waals surface area contributed by atoms with E-state index in [-0.39, 0.29) is 17.5 Å². The third-order valence-electron chi connectivity index (χ3n) is 3.26. The van der Waals surface area contributed by atoms with Crippen LogP contribution in [0.1, 0.15) is 12.5 Å².